The molecule has 0 radical (unpaired) electrons. The molecular weight excluding hydrogens is 370 g/mol. The molecule has 166 valence electrons. The van der Waals surface area contributed by atoms with Crippen molar-refractivity contribution in [1.29, 1.82) is 0 Å². The number of nitrogens with one attached hydrogen (secondary N) is 1. The third-order valence-electron chi connectivity index (χ3n) is 5.18. The van der Waals surface area contributed by atoms with Crippen molar-refractivity contribution in [3.05, 3.63) is 0 Å². The van der Waals surface area contributed by atoms with Gasteiger partial charge in [0.05, 0.1) is 0 Å². The van der Waals surface area contributed by atoms with Gasteiger partial charge in [0.1, 0.15) is 12.1 Å². The van der Waals surface area contributed by atoms with E-state index < -0.39 is 5.60 Å². The van der Waals surface area contributed by atoms with Crippen LogP contribution in [-0.4, -0.2) is 91.1 Å². The summed E-state index contributed by atoms with van der Waals surface area (Å²) in [6, 6.07) is 0.188. The molecule has 29 heavy (non-hydrogen) atoms. The van der Waals surface area contributed by atoms with Gasteiger partial charge in [-0.3, -0.25) is 4.79 Å². The van der Waals surface area contributed by atoms with Gasteiger partial charge in [0, 0.05) is 46.3 Å². The first-order valence-electron chi connectivity index (χ1n) is 10.8. The summed E-state index contributed by atoms with van der Waals surface area (Å²) in [5, 5.41) is 3.29. The van der Waals surface area contributed by atoms with E-state index in [1.54, 1.807) is 19.0 Å². The van der Waals surface area contributed by atoms with Crippen molar-refractivity contribution in [3.63, 3.8) is 0 Å². The van der Waals surface area contributed by atoms with Crippen LogP contribution in [0.1, 0.15) is 53.4 Å². The van der Waals surface area contributed by atoms with E-state index in [-0.39, 0.29) is 24.6 Å². The van der Waals surface area contributed by atoms with E-state index in [9.17, 15) is 9.59 Å². The van der Waals surface area contributed by atoms with Crippen molar-refractivity contribution >= 4 is 18.0 Å². The van der Waals surface area contributed by atoms with Crippen LogP contribution in [0.5, 0.6) is 0 Å². The number of aliphatic imine (C=N–C) groups is 1. The second-order valence-electron chi connectivity index (χ2n) is 9.25. The van der Waals surface area contributed by atoms with Crippen LogP contribution < -0.4 is 5.32 Å². The molecule has 2 rings (SSSR count). The summed E-state index contributed by atoms with van der Waals surface area (Å²) < 4.78 is 5.68. The van der Waals surface area contributed by atoms with Crippen molar-refractivity contribution in [2.45, 2.75) is 65.0 Å². The molecule has 1 saturated heterocycles. The Bertz CT molecular complexity index is 588. The highest BCUT2D eigenvalue weighted by Crippen LogP contribution is 2.32. The zero-order valence-electron chi connectivity index (χ0n) is 19.0. The number of nitrogens with zero attached hydrogens (tertiary/aromatic N) is 4. The van der Waals surface area contributed by atoms with E-state index in [1.807, 2.05) is 32.6 Å². The number of rotatable bonds is 6. The molecule has 2 aliphatic rings. The topological polar surface area (TPSA) is 77.5 Å². The molecule has 0 aromatic carbocycles. The number of amides is 2. The second-order valence-corrected chi connectivity index (χ2v) is 9.25. The molecular formula is C21H39N5O3. The van der Waals surface area contributed by atoms with Crippen molar-refractivity contribution in [1.82, 2.24) is 20.0 Å². The first-order valence-corrected chi connectivity index (χ1v) is 10.8. The number of guanidine groups is 1. The maximum absolute atomic E-state index is 12.8. The third kappa shape index (κ3) is 7.74. The summed E-state index contributed by atoms with van der Waals surface area (Å²) in [5.74, 6) is 1.37. The average molecular weight is 410 g/mol. The SMILES string of the molecule is CCNC(=NCC(=O)N(C)C)N1CCC(N(CC2CC2)C(=O)OC(C)(C)C)CC1. The summed E-state index contributed by atoms with van der Waals surface area (Å²) in [6.07, 6.45) is 3.96. The third-order valence-corrected chi connectivity index (χ3v) is 5.18. The van der Waals surface area contributed by atoms with Crippen LogP contribution >= 0.6 is 0 Å². The maximum atomic E-state index is 12.8. The average Bonchev–Trinajstić information content (AvgIpc) is 3.45. The minimum Gasteiger partial charge on any atom is -0.444 e. The smallest absolute Gasteiger partial charge is 0.410 e. The highest BCUT2D eigenvalue weighted by atomic mass is 16.6. The quantitative estimate of drug-likeness (QED) is 0.537. The second kappa shape index (κ2) is 10.2. The Morgan fingerprint density at radius 3 is 2.24 bits per heavy atom. The molecule has 8 nitrogen and oxygen atoms in total. The Labute approximate surface area is 175 Å². The van der Waals surface area contributed by atoms with Gasteiger partial charge in [-0.2, -0.15) is 0 Å². The van der Waals surface area contributed by atoms with E-state index in [4.69, 9.17) is 4.74 Å². The maximum Gasteiger partial charge on any atom is 0.410 e. The van der Waals surface area contributed by atoms with E-state index in [0.717, 1.165) is 45.0 Å². The van der Waals surface area contributed by atoms with E-state index >= 15 is 0 Å². The molecule has 1 aliphatic heterocycles. The molecule has 1 N–H and O–H groups in total. The number of likely N-dealkylation sites (tertiary alicyclic amines) is 1. The van der Waals surface area contributed by atoms with Crippen LogP contribution in [0.2, 0.25) is 0 Å². The summed E-state index contributed by atoms with van der Waals surface area (Å²) in [6.45, 7) is 11.1. The van der Waals surface area contributed by atoms with E-state index in [2.05, 4.69) is 15.2 Å². The Balaban J connectivity index is 1.98. The lowest BCUT2D eigenvalue weighted by atomic mass is 10.0. The molecule has 1 heterocycles. The van der Waals surface area contributed by atoms with Gasteiger partial charge in [-0.1, -0.05) is 0 Å². The van der Waals surface area contributed by atoms with Crippen LogP contribution in [-0.2, 0) is 9.53 Å². The predicted octanol–water partition coefficient (Wildman–Crippen LogP) is 2.15. The molecule has 2 amide bonds. The van der Waals surface area contributed by atoms with Gasteiger partial charge in [0.25, 0.3) is 0 Å². The zero-order chi connectivity index (χ0) is 21.6. The first kappa shape index (κ1) is 23.3. The molecule has 0 unspecified atom stereocenters. The minimum atomic E-state index is -0.483. The number of ether oxygens (including phenoxy) is 1. The van der Waals surface area contributed by atoms with E-state index in [0.29, 0.717) is 5.92 Å². The Kier molecular flexibility index (Phi) is 8.16. The Morgan fingerprint density at radius 1 is 1.14 bits per heavy atom. The van der Waals surface area contributed by atoms with Gasteiger partial charge in [0.2, 0.25) is 5.91 Å². The Morgan fingerprint density at radius 2 is 1.76 bits per heavy atom. The number of hydrogen-bond acceptors (Lipinski definition) is 4. The summed E-state index contributed by atoms with van der Waals surface area (Å²) in [7, 11) is 3.47. The lowest BCUT2D eigenvalue weighted by molar-refractivity contribution is -0.127. The molecule has 1 saturated carbocycles. The fourth-order valence-electron chi connectivity index (χ4n) is 3.37. The summed E-state index contributed by atoms with van der Waals surface area (Å²) in [5.41, 5.74) is -0.483. The monoisotopic (exact) mass is 409 g/mol. The van der Waals surface area contributed by atoms with Crippen LogP contribution in [0.4, 0.5) is 4.79 Å². The fraction of sp³-hybridized carbons (Fsp3) is 0.857. The van der Waals surface area contributed by atoms with Crippen LogP contribution in [0.25, 0.3) is 0 Å². The molecule has 0 spiro atoms. The van der Waals surface area contributed by atoms with Crippen LogP contribution in [0.3, 0.4) is 0 Å². The minimum absolute atomic E-state index is 0.0178. The number of hydrogen-bond donors (Lipinski definition) is 1. The molecule has 2 fully saturated rings. The van der Waals surface area contributed by atoms with Crippen LogP contribution in [0.15, 0.2) is 4.99 Å². The normalized spacial score (nSPS) is 18.4. The lowest BCUT2D eigenvalue weighted by Gasteiger charge is -2.40. The van der Waals surface area contributed by atoms with Crippen molar-refractivity contribution in [2.75, 3.05) is 46.8 Å². The van der Waals surface area contributed by atoms with Gasteiger partial charge in [-0.25, -0.2) is 9.79 Å². The molecule has 1 aliphatic carbocycles. The molecule has 0 aromatic heterocycles. The number of likely N-dealkylation sites (N-methyl/N-ethyl adjacent to an activating group) is 1. The zero-order valence-corrected chi connectivity index (χ0v) is 19.0. The van der Waals surface area contributed by atoms with Gasteiger partial charge >= 0.3 is 6.09 Å². The van der Waals surface area contributed by atoms with Crippen LogP contribution in [0, 0.1) is 5.92 Å². The van der Waals surface area contributed by atoms with Gasteiger partial charge in [-0.05, 0) is 59.3 Å². The molecule has 8 heteroatoms. The van der Waals surface area contributed by atoms with Crippen molar-refractivity contribution in [2.24, 2.45) is 10.9 Å². The van der Waals surface area contributed by atoms with Crippen molar-refractivity contribution in [3.8, 4) is 0 Å². The first-order chi connectivity index (χ1) is 13.6. The van der Waals surface area contributed by atoms with Gasteiger partial charge in [-0.15, -0.1) is 0 Å². The molecule has 0 aromatic rings. The predicted molar refractivity (Wildman–Crippen MR) is 115 cm³/mol. The number of carbonyl (C=O) groups excluding carboxylic acids is 2. The number of carbonyl (C=O) groups is 2. The molecule has 0 atom stereocenters. The highest BCUT2D eigenvalue weighted by molar-refractivity contribution is 5.84. The van der Waals surface area contributed by atoms with Crippen molar-refractivity contribution < 1.29 is 14.3 Å². The van der Waals surface area contributed by atoms with Gasteiger partial charge in [0.15, 0.2) is 5.96 Å². The van der Waals surface area contributed by atoms with Gasteiger partial charge < -0.3 is 24.8 Å². The largest absolute Gasteiger partial charge is 0.444 e. The number of piperidine rings is 1. The lowest BCUT2D eigenvalue weighted by Crippen LogP contribution is -2.52. The standard InChI is InChI=1S/C21H39N5O3/c1-7-22-19(23-14-18(27)24(5)6)25-12-10-17(11-13-25)26(15-16-8-9-16)20(28)29-21(2,3)4/h16-17H,7-15H2,1-6H3,(H,22,23). The highest BCUT2D eigenvalue weighted by Gasteiger charge is 2.35. The summed E-state index contributed by atoms with van der Waals surface area (Å²) >= 11 is 0. The fourth-order valence-corrected chi connectivity index (χ4v) is 3.37. The molecule has 0 bridgehead atoms. The summed E-state index contributed by atoms with van der Waals surface area (Å²) in [4.78, 5) is 34.9. The Hall–Kier alpha value is -1.99. The van der Waals surface area contributed by atoms with E-state index in [1.165, 1.54) is 12.8 Å².